The predicted octanol–water partition coefficient (Wildman–Crippen LogP) is 4.66. The Balaban J connectivity index is 1.84. The Labute approximate surface area is 183 Å². The standard InChI is InChI=1S/C25H30N4O2/c1-4-7-21(29-15-6-9-22(29)17-30)8-5-10-25-23-16-20(11-12-24(23)28-31-25)18(2)13-14-27-19(3)26/h4-5,7-8,10-14,16,22,30H,2,6,9,15,17H2,1,3H3,(H2,26,27)/b7-4-,10-5+,14-13-,21-8+. The van der Waals surface area contributed by atoms with Gasteiger partial charge in [-0.15, -0.1) is 0 Å². The number of benzene rings is 1. The second-order valence-electron chi connectivity index (χ2n) is 7.51. The third-order valence-electron chi connectivity index (χ3n) is 5.20. The van der Waals surface area contributed by atoms with E-state index in [-0.39, 0.29) is 12.6 Å². The summed E-state index contributed by atoms with van der Waals surface area (Å²) in [6, 6.07) is 6.06. The molecule has 0 saturated carbocycles. The molecule has 1 fully saturated rings. The Bertz CT molecular complexity index is 1070. The van der Waals surface area contributed by atoms with Crippen LogP contribution < -0.4 is 5.73 Å². The first-order valence-electron chi connectivity index (χ1n) is 10.5. The fourth-order valence-corrected chi connectivity index (χ4v) is 3.64. The van der Waals surface area contributed by atoms with Gasteiger partial charge in [0.2, 0.25) is 0 Å². The number of aliphatic hydroxyl groups is 1. The Hall–Kier alpha value is -3.38. The molecular formula is C25H30N4O2. The molecule has 2 heterocycles. The van der Waals surface area contributed by atoms with Crippen LogP contribution in [0.4, 0.5) is 0 Å². The Kier molecular flexibility index (Phi) is 7.62. The van der Waals surface area contributed by atoms with E-state index in [9.17, 15) is 5.11 Å². The molecule has 1 aromatic heterocycles. The largest absolute Gasteiger partial charge is 0.394 e. The van der Waals surface area contributed by atoms with Gasteiger partial charge in [-0.3, -0.25) is 0 Å². The van der Waals surface area contributed by atoms with Crippen molar-refractivity contribution in [1.29, 1.82) is 0 Å². The summed E-state index contributed by atoms with van der Waals surface area (Å²) in [6.07, 6.45) is 15.6. The van der Waals surface area contributed by atoms with Crippen molar-refractivity contribution in [2.45, 2.75) is 32.7 Å². The summed E-state index contributed by atoms with van der Waals surface area (Å²) in [5, 5.41) is 14.7. The molecule has 6 nitrogen and oxygen atoms in total. The number of aliphatic hydroxyl groups excluding tert-OH is 1. The van der Waals surface area contributed by atoms with E-state index in [0.29, 0.717) is 11.6 Å². The van der Waals surface area contributed by atoms with Crippen LogP contribution in [-0.2, 0) is 0 Å². The van der Waals surface area contributed by atoms with Crippen molar-refractivity contribution in [2.24, 2.45) is 10.7 Å². The molecule has 31 heavy (non-hydrogen) atoms. The molecular weight excluding hydrogens is 388 g/mol. The first kappa shape index (κ1) is 22.3. The number of aromatic nitrogens is 1. The minimum absolute atomic E-state index is 0.169. The van der Waals surface area contributed by atoms with Crippen LogP contribution in [0.15, 0.2) is 76.6 Å². The molecule has 0 bridgehead atoms. The van der Waals surface area contributed by atoms with Gasteiger partial charge in [0.05, 0.1) is 18.5 Å². The second-order valence-corrected chi connectivity index (χ2v) is 7.51. The average Bonchev–Trinajstić information content (AvgIpc) is 3.39. The maximum Gasteiger partial charge on any atom is 0.167 e. The first-order valence-corrected chi connectivity index (χ1v) is 10.5. The molecule has 0 amide bonds. The van der Waals surface area contributed by atoms with Crippen LogP contribution >= 0.6 is 0 Å². The molecule has 6 heteroatoms. The molecule has 162 valence electrons. The van der Waals surface area contributed by atoms with Gasteiger partial charge < -0.3 is 20.3 Å². The summed E-state index contributed by atoms with van der Waals surface area (Å²) < 4.78 is 5.55. The number of amidine groups is 1. The van der Waals surface area contributed by atoms with Crippen molar-refractivity contribution in [3.8, 4) is 0 Å². The van der Waals surface area contributed by atoms with Crippen LogP contribution in [0.3, 0.4) is 0 Å². The highest BCUT2D eigenvalue weighted by molar-refractivity contribution is 5.89. The van der Waals surface area contributed by atoms with Crippen molar-refractivity contribution in [3.63, 3.8) is 0 Å². The van der Waals surface area contributed by atoms with Crippen LogP contribution in [0, 0.1) is 0 Å². The predicted molar refractivity (Wildman–Crippen MR) is 128 cm³/mol. The lowest BCUT2D eigenvalue weighted by Crippen LogP contribution is -2.30. The topological polar surface area (TPSA) is 87.9 Å². The minimum Gasteiger partial charge on any atom is -0.394 e. The van der Waals surface area contributed by atoms with Gasteiger partial charge >= 0.3 is 0 Å². The molecule has 1 aliphatic heterocycles. The normalized spacial score (nSPS) is 18.4. The van der Waals surface area contributed by atoms with Gasteiger partial charge in [0.15, 0.2) is 5.76 Å². The molecule has 3 N–H and O–H groups in total. The molecule has 1 aromatic carbocycles. The average molecular weight is 419 g/mol. The van der Waals surface area contributed by atoms with Crippen LogP contribution in [0.1, 0.15) is 38.0 Å². The first-order chi connectivity index (χ1) is 15.0. The van der Waals surface area contributed by atoms with E-state index < -0.39 is 0 Å². The van der Waals surface area contributed by atoms with E-state index in [1.165, 1.54) is 0 Å². The number of fused-ring (bicyclic) bond motifs is 1. The maximum absolute atomic E-state index is 9.64. The number of hydrogen-bond donors (Lipinski definition) is 2. The Morgan fingerprint density at radius 3 is 3.00 bits per heavy atom. The molecule has 1 unspecified atom stereocenters. The van der Waals surface area contributed by atoms with Crippen LogP contribution in [0.5, 0.6) is 0 Å². The second kappa shape index (κ2) is 10.6. The smallest absolute Gasteiger partial charge is 0.167 e. The van der Waals surface area contributed by atoms with E-state index >= 15 is 0 Å². The van der Waals surface area contributed by atoms with Gasteiger partial charge in [-0.25, -0.2) is 4.99 Å². The summed E-state index contributed by atoms with van der Waals surface area (Å²) in [7, 11) is 0. The van der Waals surface area contributed by atoms with Gasteiger partial charge in [-0.1, -0.05) is 30.0 Å². The number of allylic oxidation sites excluding steroid dienone is 6. The third kappa shape index (κ3) is 5.61. The summed E-state index contributed by atoms with van der Waals surface area (Å²) >= 11 is 0. The summed E-state index contributed by atoms with van der Waals surface area (Å²) in [5.74, 6) is 1.18. The van der Waals surface area contributed by atoms with Gasteiger partial charge in [-0.2, -0.15) is 0 Å². The number of likely N-dealkylation sites (tertiary alicyclic amines) is 1. The van der Waals surface area contributed by atoms with E-state index in [1.54, 1.807) is 13.1 Å². The lowest BCUT2D eigenvalue weighted by atomic mass is 10.0. The highest BCUT2D eigenvalue weighted by Crippen LogP contribution is 2.26. The van der Waals surface area contributed by atoms with Crippen LogP contribution in [-0.4, -0.2) is 40.2 Å². The lowest BCUT2D eigenvalue weighted by molar-refractivity contribution is 0.189. The molecule has 2 aromatic rings. The molecule has 0 radical (unpaired) electrons. The fourth-order valence-electron chi connectivity index (χ4n) is 3.64. The van der Waals surface area contributed by atoms with E-state index in [4.69, 9.17) is 10.3 Å². The highest BCUT2D eigenvalue weighted by Gasteiger charge is 2.24. The SMILES string of the molecule is C=C(/C=C\N=C(/C)N)c1ccc2noc(/C=C/C=C(\C=C/C)N3CCCC3CO)c2c1. The number of hydrogen-bond acceptors (Lipinski definition) is 5. The Morgan fingerprint density at radius 1 is 1.42 bits per heavy atom. The van der Waals surface area contributed by atoms with Gasteiger partial charge in [0.25, 0.3) is 0 Å². The number of nitrogens with two attached hydrogens (primary N) is 1. The van der Waals surface area contributed by atoms with E-state index in [2.05, 4.69) is 27.7 Å². The van der Waals surface area contributed by atoms with E-state index in [1.807, 2.05) is 55.5 Å². The van der Waals surface area contributed by atoms with Crippen molar-refractivity contribution in [3.05, 3.63) is 78.4 Å². The third-order valence-corrected chi connectivity index (χ3v) is 5.20. The maximum atomic E-state index is 9.64. The van der Waals surface area contributed by atoms with Crippen molar-refractivity contribution < 1.29 is 9.63 Å². The van der Waals surface area contributed by atoms with Gasteiger partial charge in [0, 0.05) is 23.8 Å². The summed E-state index contributed by atoms with van der Waals surface area (Å²) in [5.41, 5.74) is 9.20. The van der Waals surface area contributed by atoms with Crippen molar-refractivity contribution in [1.82, 2.24) is 10.1 Å². The molecule has 0 aliphatic carbocycles. The zero-order chi connectivity index (χ0) is 22.2. The zero-order valence-electron chi connectivity index (χ0n) is 18.2. The molecule has 3 rings (SSSR count). The molecule has 1 atom stereocenters. The highest BCUT2D eigenvalue weighted by atomic mass is 16.5. The van der Waals surface area contributed by atoms with Crippen molar-refractivity contribution >= 4 is 28.4 Å². The molecule has 1 aliphatic rings. The quantitative estimate of drug-likeness (QED) is 0.370. The summed E-state index contributed by atoms with van der Waals surface area (Å²) in [4.78, 5) is 6.31. The fraction of sp³-hybridized carbons (Fsp3) is 0.280. The van der Waals surface area contributed by atoms with Gasteiger partial charge in [-0.05, 0) is 74.3 Å². The van der Waals surface area contributed by atoms with E-state index in [0.717, 1.165) is 47.1 Å². The molecule has 0 spiro atoms. The number of nitrogens with zero attached hydrogens (tertiary/aromatic N) is 3. The van der Waals surface area contributed by atoms with Gasteiger partial charge in [0.1, 0.15) is 5.52 Å². The molecule has 1 saturated heterocycles. The zero-order valence-corrected chi connectivity index (χ0v) is 18.2. The Morgan fingerprint density at radius 2 is 2.26 bits per heavy atom. The summed E-state index contributed by atoms with van der Waals surface area (Å²) in [6.45, 7) is 8.95. The number of rotatable bonds is 8. The van der Waals surface area contributed by atoms with Crippen molar-refractivity contribution in [2.75, 3.05) is 13.2 Å². The monoisotopic (exact) mass is 418 g/mol. The lowest BCUT2D eigenvalue weighted by Gasteiger charge is -2.26. The van der Waals surface area contributed by atoms with Crippen LogP contribution in [0.2, 0.25) is 0 Å². The number of aliphatic imine (C=N–C) groups is 1. The minimum atomic E-state index is 0.169. The van der Waals surface area contributed by atoms with Crippen LogP contribution in [0.25, 0.3) is 22.6 Å².